The predicted octanol–water partition coefficient (Wildman–Crippen LogP) is 12.7. The molecule has 0 saturated heterocycles. The lowest BCUT2D eigenvalue weighted by molar-refractivity contribution is 0.661. The van der Waals surface area contributed by atoms with E-state index in [-0.39, 0.29) is 5.92 Å². The van der Waals surface area contributed by atoms with Gasteiger partial charge >= 0.3 is 0 Å². The van der Waals surface area contributed by atoms with Gasteiger partial charge in [0.05, 0.1) is 0 Å². The zero-order valence-corrected chi connectivity index (χ0v) is 27.7. The van der Waals surface area contributed by atoms with E-state index in [0.717, 1.165) is 43.4 Å². The zero-order chi connectivity index (χ0) is 32.4. The molecule has 1 unspecified atom stereocenters. The SMILES string of the molecule is CCC(Cc1cccc2c3ccc4ccc(-c5ccc6c(c5)Cc5ccccc5-6)cc4c3c3cccc(C)c3c12)C(=N)C1=CCCC=C1. The van der Waals surface area contributed by atoms with Crippen LogP contribution in [0, 0.1) is 18.3 Å². The highest BCUT2D eigenvalue weighted by molar-refractivity contribution is 6.32. The Hall–Kier alpha value is -5.27. The van der Waals surface area contributed by atoms with Crippen LogP contribution >= 0.6 is 0 Å². The summed E-state index contributed by atoms with van der Waals surface area (Å²) >= 11 is 0. The van der Waals surface area contributed by atoms with Gasteiger partial charge in [0.1, 0.15) is 0 Å². The minimum absolute atomic E-state index is 0.179. The third-order valence-corrected chi connectivity index (χ3v) is 11.1. The molecule has 0 bridgehead atoms. The lowest BCUT2D eigenvalue weighted by atomic mass is 9.82. The number of benzene rings is 7. The minimum Gasteiger partial charge on any atom is -0.304 e. The molecule has 0 spiro atoms. The van der Waals surface area contributed by atoms with Crippen LogP contribution in [-0.2, 0) is 12.8 Å². The number of aryl methyl sites for hydroxylation is 1. The molecule has 0 radical (unpaired) electrons. The number of hydrogen-bond acceptors (Lipinski definition) is 1. The zero-order valence-electron chi connectivity index (χ0n) is 27.7. The molecule has 1 N–H and O–H groups in total. The number of hydrogen-bond donors (Lipinski definition) is 1. The molecule has 48 heavy (non-hydrogen) atoms. The maximum atomic E-state index is 9.17. The van der Waals surface area contributed by atoms with Crippen molar-refractivity contribution in [3.8, 4) is 22.3 Å². The lowest BCUT2D eigenvalue weighted by Gasteiger charge is -2.22. The van der Waals surface area contributed by atoms with Crippen molar-refractivity contribution in [2.24, 2.45) is 5.92 Å². The Morgan fingerprint density at radius 2 is 1.44 bits per heavy atom. The van der Waals surface area contributed by atoms with Gasteiger partial charge < -0.3 is 5.41 Å². The molecule has 232 valence electrons. The summed E-state index contributed by atoms with van der Waals surface area (Å²) in [4.78, 5) is 0. The summed E-state index contributed by atoms with van der Waals surface area (Å²) in [5.41, 5.74) is 12.7. The fourth-order valence-electron chi connectivity index (χ4n) is 8.60. The first-order valence-electron chi connectivity index (χ1n) is 17.6. The highest BCUT2D eigenvalue weighted by Gasteiger charge is 2.22. The second-order valence-corrected chi connectivity index (χ2v) is 13.8. The molecule has 9 rings (SSSR count). The first-order valence-corrected chi connectivity index (χ1v) is 17.6. The standard InChI is InChI=1S/C47H39N/c1-3-30(47(48)32-12-5-4-6-13-32)25-36-15-10-17-40-41-24-21-31-19-20-34(28-43(31)46(41)42-18-9-11-29(2)44(42)45(36)40)33-22-23-39-37(26-33)27-35-14-7-8-16-38(35)39/h5,7-24,26,28,30,48H,3-4,6,25,27H2,1-2H3. The van der Waals surface area contributed by atoms with Crippen LogP contribution in [0.1, 0.15) is 48.4 Å². The number of rotatable bonds is 6. The topological polar surface area (TPSA) is 23.9 Å². The fourth-order valence-corrected chi connectivity index (χ4v) is 8.60. The van der Waals surface area contributed by atoms with Crippen molar-refractivity contribution in [1.82, 2.24) is 0 Å². The Morgan fingerprint density at radius 1 is 0.667 bits per heavy atom. The molecule has 2 aliphatic carbocycles. The molecule has 2 aliphatic rings. The van der Waals surface area contributed by atoms with Gasteiger partial charge in [-0.25, -0.2) is 0 Å². The van der Waals surface area contributed by atoms with Crippen LogP contribution in [0.2, 0.25) is 0 Å². The molecule has 0 amide bonds. The van der Waals surface area contributed by atoms with E-state index in [9.17, 15) is 5.41 Å². The Balaban J connectivity index is 1.23. The van der Waals surface area contributed by atoms with Crippen molar-refractivity contribution < 1.29 is 0 Å². The molecule has 0 saturated carbocycles. The molecule has 0 fully saturated rings. The van der Waals surface area contributed by atoms with E-state index in [1.165, 1.54) is 87.6 Å². The molecule has 0 aliphatic heterocycles. The Morgan fingerprint density at radius 3 is 2.31 bits per heavy atom. The molecule has 1 atom stereocenters. The van der Waals surface area contributed by atoms with E-state index in [1.807, 2.05) is 0 Å². The summed E-state index contributed by atoms with van der Waals surface area (Å²) in [6.07, 6.45) is 11.6. The maximum absolute atomic E-state index is 9.17. The highest BCUT2D eigenvalue weighted by atomic mass is 14.5. The van der Waals surface area contributed by atoms with Crippen LogP contribution in [0.3, 0.4) is 0 Å². The van der Waals surface area contributed by atoms with Crippen LogP contribution < -0.4 is 0 Å². The van der Waals surface area contributed by atoms with Crippen molar-refractivity contribution in [2.75, 3.05) is 0 Å². The third-order valence-electron chi connectivity index (χ3n) is 11.1. The molecule has 0 heterocycles. The second kappa shape index (κ2) is 11.5. The van der Waals surface area contributed by atoms with Gasteiger partial charge in [-0.1, -0.05) is 128 Å². The molecule has 7 aromatic rings. The molecular weight excluding hydrogens is 579 g/mol. The van der Waals surface area contributed by atoms with Gasteiger partial charge in [-0.2, -0.15) is 0 Å². The van der Waals surface area contributed by atoms with Crippen LogP contribution in [0.4, 0.5) is 0 Å². The van der Waals surface area contributed by atoms with Crippen molar-refractivity contribution in [2.45, 2.75) is 46.0 Å². The van der Waals surface area contributed by atoms with E-state index in [2.05, 4.69) is 141 Å². The summed E-state index contributed by atoms with van der Waals surface area (Å²) in [6, 6.07) is 41.2. The normalized spacial score (nSPS) is 14.4. The fraction of sp³-hybridized carbons (Fsp3) is 0.170. The van der Waals surface area contributed by atoms with E-state index in [4.69, 9.17) is 0 Å². The number of nitrogens with one attached hydrogen (secondary N) is 1. The predicted molar refractivity (Wildman–Crippen MR) is 207 cm³/mol. The van der Waals surface area contributed by atoms with Crippen molar-refractivity contribution in [3.63, 3.8) is 0 Å². The largest absolute Gasteiger partial charge is 0.304 e. The molecule has 1 nitrogen and oxygen atoms in total. The lowest BCUT2D eigenvalue weighted by Crippen LogP contribution is -2.18. The average Bonchev–Trinajstić information content (AvgIpc) is 3.51. The third kappa shape index (κ3) is 4.56. The van der Waals surface area contributed by atoms with Crippen molar-refractivity contribution >= 4 is 48.8 Å². The van der Waals surface area contributed by atoms with Crippen molar-refractivity contribution in [3.05, 3.63) is 155 Å². The summed E-state index contributed by atoms with van der Waals surface area (Å²) in [7, 11) is 0. The average molecular weight is 618 g/mol. The highest BCUT2D eigenvalue weighted by Crippen LogP contribution is 2.44. The van der Waals surface area contributed by atoms with E-state index >= 15 is 0 Å². The quantitative estimate of drug-likeness (QED) is 0.142. The summed E-state index contributed by atoms with van der Waals surface area (Å²) in [6.45, 7) is 4.50. The van der Waals surface area contributed by atoms with Gasteiger partial charge in [0, 0.05) is 11.6 Å². The minimum atomic E-state index is 0.179. The van der Waals surface area contributed by atoms with Gasteiger partial charge in [0.2, 0.25) is 0 Å². The van der Waals surface area contributed by atoms with Crippen LogP contribution in [-0.4, -0.2) is 5.71 Å². The van der Waals surface area contributed by atoms with Gasteiger partial charge in [0.25, 0.3) is 0 Å². The second-order valence-electron chi connectivity index (χ2n) is 13.8. The molecule has 7 aromatic carbocycles. The van der Waals surface area contributed by atoms with E-state index in [0.29, 0.717) is 0 Å². The van der Waals surface area contributed by atoms with Crippen molar-refractivity contribution in [1.29, 1.82) is 5.41 Å². The van der Waals surface area contributed by atoms with E-state index < -0.39 is 0 Å². The van der Waals surface area contributed by atoms with Gasteiger partial charge in [-0.05, 0) is 138 Å². The molecule has 0 aromatic heterocycles. The monoisotopic (exact) mass is 617 g/mol. The first-order chi connectivity index (χ1) is 23.6. The number of fused-ring (bicyclic) bond motifs is 11. The molecular formula is C47H39N. The summed E-state index contributed by atoms with van der Waals surface area (Å²) < 4.78 is 0. The van der Waals surface area contributed by atoms with Crippen LogP contribution in [0.15, 0.2) is 133 Å². The summed E-state index contributed by atoms with van der Waals surface area (Å²) in [5.74, 6) is 0.179. The Kier molecular flexibility index (Phi) is 6.90. The van der Waals surface area contributed by atoms with Crippen LogP contribution in [0.5, 0.6) is 0 Å². The van der Waals surface area contributed by atoms with Gasteiger partial charge in [0.15, 0.2) is 0 Å². The summed E-state index contributed by atoms with van der Waals surface area (Å²) in [5, 5.41) is 19.7. The van der Waals surface area contributed by atoms with Gasteiger partial charge in [-0.3, -0.25) is 0 Å². The Labute approximate surface area is 282 Å². The smallest absolute Gasteiger partial charge is 0.0416 e. The van der Waals surface area contributed by atoms with Crippen LogP contribution in [0.25, 0.3) is 65.3 Å². The molecule has 1 heteroatoms. The first kappa shape index (κ1) is 28.9. The number of allylic oxidation sites excluding steroid dienone is 4. The maximum Gasteiger partial charge on any atom is 0.0416 e. The van der Waals surface area contributed by atoms with E-state index in [1.54, 1.807) is 0 Å². The van der Waals surface area contributed by atoms with Gasteiger partial charge in [-0.15, -0.1) is 0 Å². The Bertz CT molecular complexity index is 2520.